The van der Waals surface area contributed by atoms with E-state index in [9.17, 15) is 4.57 Å². The van der Waals surface area contributed by atoms with Crippen LogP contribution in [0.2, 0.25) is 0 Å². The minimum absolute atomic E-state index is 0.382. The smallest absolute Gasteiger partial charge is 0.229 e. The van der Waals surface area contributed by atoms with E-state index in [-0.39, 0.29) is 0 Å². The van der Waals surface area contributed by atoms with E-state index in [4.69, 9.17) is 15.0 Å². The summed E-state index contributed by atoms with van der Waals surface area (Å²) in [6.45, 7) is 9.61. The molecule has 0 unspecified atom stereocenters. The zero-order chi connectivity index (χ0) is 31.0. The lowest BCUT2D eigenvalue weighted by Crippen LogP contribution is -2.55. The number of benzene rings is 1. The Balaban J connectivity index is 1.19. The number of methoxy groups -OCH3 is 1. The van der Waals surface area contributed by atoms with E-state index < -0.39 is 7.14 Å². The summed E-state index contributed by atoms with van der Waals surface area (Å²) < 4.78 is 21.3. The fourth-order valence-corrected chi connectivity index (χ4v) is 7.83. The highest BCUT2D eigenvalue weighted by atomic mass is 79.9. The number of halogens is 1. The fourth-order valence-electron chi connectivity index (χ4n) is 6.19. The Morgan fingerprint density at radius 3 is 2.64 bits per heavy atom. The Morgan fingerprint density at radius 1 is 1.16 bits per heavy atom. The molecule has 0 radical (unpaired) electrons. The van der Waals surface area contributed by atoms with Gasteiger partial charge in [0.05, 0.1) is 34.3 Å². The van der Waals surface area contributed by atoms with Gasteiger partial charge in [-0.25, -0.2) is 14.5 Å². The maximum Gasteiger partial charge on any atom is 0.229 e. The molecule has 5 heterocycles. The maximum atomic E-state index is 13.3. The van der Waals surface area contributed by atoms with Crippen LogP contribution < -0.4 is 25.6 Å². The van der Waals surface area contributed by atoms with Gasteiger partial charge in [0.25, 0.3) is 0 Å². The van der Waals surface area contributed by atoms with Crippen molar-refractivity contribution in [1.29, 1.82) is 5.26 Å². The van der Waals surface area contributed by atoms with Crippen LogP contribution in [0, 0.1) is 24.2 Å². The number of likely N-dealkylation sites (tertiary alicyclic amines) is 1. The standard InChI is InChI=1S/C30H36BrN10O2P/c1-19-13-24(26(43-2)14-25(19)39-10-6-21(7-11-39)40-16-20(17-40)5-9-32)37-30-33-15-22(31)28(38-30)36-23-8-12-41-29(34-18-35-41)27(23)44(3,4)42/h8,12-15,18,20-21H,5-7,10-11,16-17H2,1-4H3,(H2,33,36,37,38). The largest absolute Gasteiger partial charge is 0.494 e. The molecule has 0 atom stereocenters. The minimum Gasteiger partial charge on any atom is -0.494 e. The number of piperidine rings is 1. The summed E-state index contributed by atoms with van der Waals surface area (Å²) in [5.41, 5.74) is 4.24. The molecule has 2 fully saturated rings. The Bertz CT molecular complexity index is 1770. The van der Waals surface area contributed by atoms with Crippen LogP contribution in [0.25, 0.3) is 5.65 Å². The molecule has 6 rings (SSSR count). The van der Waals surface area contributed by atoms with E-state index in [2.05, 4.69) is 76.6 Å². The van der Waals surface area contributed by atoms with Crippen molar-refractivity contribution in [2.24, 2.45) is 5.92 Å². The Morgan fingerprint density at radius 2 is 1.93 bits per heavy atom. The molecule has 2 aliphatic heterocycles. The normalized spacial score (nSPS) is 16.5. The van der Waals surface area contributed by atoms with E-state index in [0.29, 0.717) is 57.0 Å². The predicted octanol–water partition coefficient (Wildman–Crippen LogP) is 5.15. The second-order valence-electron chi connectivity index (χ2n) is 11.8. The first-order valence-electron chi connectivity index (χ1n) is 14.6. The average molecular weight is 680 g/mol. The number of nitriles is 1. The number of anilines is 5. The van der Waals surface area contributed by atoms with Crippen LogP contribution in [0.15, 0.2) is 41.4 Å². The number of ether oxygens (including phenoxy) is 1. The molecule has 4 aromatic rings. The molecule has 2 saturated heterocycles. The van der Waals surface area contributed by atoms with Crippen LogP contribution in [0.5, 0.6) is 5.75 Å². The SMILES string of the molecule is COc1cc(N2CCC(N3CC(CC#N)C3)CC2)c(C)cc1Nc1ncc(Br)c(Nc2ccn3ncnc3c2P(C)(C)=O)n1. The number of rotatable bonds is 9. The molecule has 2 aliphatic rings. The summed E-state index contributed by atoms with van der Waals surface area (Å²) in [5, 5.41) is 20.4. The predicted molar refractivity (Wildman–Crippen MR) is 177 cm³/mol. The number of aryl methyl sites for hydroxylation is 1. The third kappa shape index (κ3) is 6.11. The second kappa shape index (κ2) is 12.3. The third-order valence-electron chi connectivity index (χ3n) is 8.41. The zero-order valence-corrected chi connectivity index (χ0v) is 27.8. The number of nitrogens with zero attached hydrogens (tertiary/aromatic N) is 8. The molecule has 2 N–H and O–H groups in total. The Labute approximate surface area is 265 Å². The summed E-state index contributed by atoms with van der Waals surface area (Å²) in [7, 11) is -1.06. The summed E-state index contributed by atoms with van der Waals surface area (Å²) in [6.07, 6.45) is 7.78. The van der Waals surface area contributed by atoms with Crippen molar-refractivity contribution in [3.8, 4) is 11.8 Å². The van der Waals surface area contributed by atoms with Gasteiger partial charge in [0.2, 0.25) is 5.95 Å². The zero-order valence-electron chi connectivity index (χ0n) is 25.3. The first kappa shape index (κ1) is 30.3. The van der Waals surface area contributed by atoms with E-state index in [1.165, 1.54) is 6.33 Å². The highest BCUT2D eigenvalue weighted by Crippen LogP contribution is 2.41. The number of hydrogen-bond donors (Lipinski definition) is 2. The molecule has 0 bridgehead atoms. The molecule has 0 amide bonds. The Hall–Kier alpha value is -3.72. The van der Waals surface area contributed by atoms with Crippen LogP contribution in [-0.4, -0.2) is 82.1 Å². The molecule has 3 aromatic heterocycles. The molecule has 12 nitrogen and oxygen atoms in total. The van der Waals surface area contributed by atoms with Crippen LogP contribution in [-0.2, 0) is 4.57 Å². The van der Waals surface area contributed by atoms with E-state index in [1.54, 1.807) is 37.3 Å². The van der Waals surface area contributed by atoms with E-state index in [0.717, 1.165) is 56.0 Å². The number of aromatic nitrogens is 5. The lowest BCUT2D eigenvalue weighted by Gasteiger charge is -2.47. The number of fused-ring (bicyclic) bond motifs is 1. The first-order chi connectivity index (χ1) is 21.1. The van der Waals surface area contributed by atoms with Gasteiger partial charge in [-0.3, -0.25) is 4.90 Å². The topological polar surface area (TPSA) is 137 Å². The van der Waals surface area contributed by atoms with Crippen molar-refractivity contribution in [2.75, 3.05) is 62.2 Å². The molecule has 0 saturated carbocycles. The minimum atomic E-state index is -2.73. The number of pyridine rings is 1. The third-order valence-corrected chi connectivity index (χ3v) is 10.5. The van der Waals surface area contributed by atoms with Gasteiger partial charge in [-0.05, 0) is 72.6 Å². The van der Waals surface area contributed by atoms with Gasteiger partial charge in [0.1, 0.15) is 25.0 Å². The average Bonchev–Trinajstić information content (AvgIpc) is 3.45. The summed E-state index contributed by atoms with van der Waals surface area (Å²) >= 11 is 3.55. The van der Waals surface area contributed by atoms with Gasteiger partial charge in [0, 0.05) is 62.8 Å². The molecule has 0 aliphatic carbocycles. The van der Waals surface area contributed by atoms with Crippen molar-refractivity contribution < 1.29 is 9.30 Å². The molecule has 230 valence electrons. The maximum absolute atomic E-state index is 13.3. The van der Waals surface area contributed by atoms with E-state index in [1.807, 2.05) is 6.07 Å². The van der Waals surface area contributed by atoms with Crippen LogP contribution in [0.4, 0.5) is 28.8 Å². The van der Waals surface area contributed by atoms with Crippen molar-refractivity contribution >= 4 is 62.9 Å². The van der Waals surface area contributed by atoms with Crippen molar-refractivity contribution in [1.82, 2.24) is 29.5 Å². The fraction of sp³-hybridized carbons (Fsp3) is 0.433. The number of nitrogens with one attached hydrogen (secondary N) is 2. The quantitative estimate of drug-likeness (QED) is 0.228. The molecule has 0 spiro atoms. The summed E-state index contributed by atoms with van der Waals surface area (Å²) in [4.78, 5) is 18.5. The first-order valence-corrected chi connectivity index (χ1v) is 18.0. The Kier molecular flexibility index (Phi) is 8.51. The summed E-state index contributed by atoms with van der Waals surface area (Å²) in [5.74, 6) is 2.14. The lowest BCUT2D eigenvalue weighted by molar-refractivity contribution is 0.0435. The second-order valence-corrected chi connectivity index (χ2v) is 15.8. The monoisotopic (exact) mass is 678 g/mol. The molecule has 14 heteroatoms. The lowest BCUT2D eigenvalue weighted by atomic mass is 9.91. The highest BCUT2D eigenvalue weighted by molar-refractivity contribution is 9.10. The van der Waals surface area contributed by atoms with Crippen LogP contribution in [0.1, 0.15) is 24.8 Å². The van der Waals surface area contributed by atoms with Gasteiger partial charge < -0.3 is 24.8 Å². The number of hydrogen-bond acceptors (Lipinski definition) is 11. The van der Waals surface area contributed by atoms with Gasteiger partial charge in [-0.15, -0.1) is 0 Å². The van der Waals surface area contributed by atoms with Crippen LogP contribution >= 0.6 is 23.1 Å². The van der Waals surface area contributed by atoms with Gasteiger partial charge in [0.15, 0.2) is 5.65 Å². The molecule has 44 heavy (non-hydrogen) atoms. The van der Waals surface area contributed by atoms with Gasteiger partial charge in [-0.2, -0.15) is 15.3 Å². The van der Waals surface area contributed by atoms with Gasteiger partial charge in [-0.1, -0.05) is 0 Å². The van der Waals surface area contributed by atoms with Crippen molar-refractivity contribution in [3.63, 3.8) is 0 Å². The highest BCUT2D eigenvalue weighted by Gasteiger charge is 2.34. The molecular weight excluding hydrogens is 643 g/mol. The molecular formula is C30H36BrN10O2P. The molecule has 1 aromatic carbocycles. The van der Waals surface area contributed by atoms with E-state index >= 15 is 0 Å². The van der Waals surface area contributed by atoms with Crippen molar-refractivity contribution in [3.05, 3.63) is 47.0 Å². The van der Waals surface area contributed by atoms with Crippen LogP contribution in [0.3, 0.4) is 0 Å². The van der Waals surface area contributed by atoms with Gasteiger partial charge >= 0.3 is 0 Å². The summed E-state index contributed by atoms with van der Waals surface area (Å²) in [6, 6.07) is 8.88. The van der Waals surface area contributed by atoms with Crippen molar-refractivity contribution in [2.45, 2.75) is 32.2 Å².